The van der Waals surface area contributed by atoms with Gasteiger partial charge in [0.1, 0.15) is 13.2 Å². The number of hydrogen-bond acceptors (Lipinski definition) is 5. The molecule has 3 N–H and O–H groups in total. The number of nitrogens with one attached hydrogen (secondary N) is 1. The number of rotatable bonds is 40. The minimum atomic E-state index is -4.32. The van der Waals surface area contributed by atoms with Crippen LogP contribution in [-0.4, -0.2) is 73.4 Å². The Labute approximate surface area is 334 Å². The molecule has 0 saturated heterocycles. The third-order valence-corrected chi connectivity index (χ3v) is 10.9. The normalized spacial score (nSPS) is 14.7. The van der Waals surface area contributed by atoms with E-state index in [9.17, 15) is 19.4 Å². The van der Waals surface area contributed by atoms with Crippen molar-refractivity contribution in [3.8, 4) is 0 Å². The zero-order valence-electron chi connectivity index (χ0n) is 36.0. The first-order valence-corrected chi connectivity index (χ1v) is 23.8. The number of carbonyl (C=O) groups excluding carboxylic acids is 1. The van der Waals surface area contributed by atoms with E-state index in [0.717, 1.165) is 64.2 Å². The fraction of sp³-hybridized carbons (Fsp3) is 0.844. The predicted octanol–water partition coefficient (Wildman–Crippen LogP) is 12.3. The maximum absolute atomic E-state index is 12.9. The summed E-state index contributed by atoms with van der Waals surface area (Å²) in [4.78, 5) is 23.1. The average Bonchev–Trinajstić information content (AvgIpc) is 3.12. The zero-order chi connectivity index (χ0) is 40.0. The van der Waals surface area contributed by atoms with Crippen molar-refractivity contribution in [3.63, 3.8) is 0 Å². The van der Waals surface area contributed by atoms with Gasteiger partial charge >= 0.3 is 7.82 Å². The van der Waals surface area contributed by atoms with E-state index in [2.05, 4.69) is 55.6 Å². The molecule has 3 unspecified atom stereocenters. The molecular weight excluding hydrogens is 695 g/mol. The quantitative estimate of drug-likeness (QED) is 0.0247. The molecule has 0 aromatic carbocycles. The van der Waals surface area contributed by atoms with Gasteiger partial charge in [-0.2, -0.15) is 0 Å². The van der Waals surface area contributed by atoms with Gasteiger partial charge in [-0.05, 0) is 51.4 Å². The van der Waals surface area contributed by atoms with E-state index in [0.29, 0.717) is 23.9 Å². The van der Waals surface area contributed by atoms with E-state index in [1.54, 1.807) is 0 Å². The molecule has 0 aliphatic heterocycles. The second-order valence-electron chi connectivity index (χ2n) is 16.4. The topological polar surface area (TPSA) is 105 Å². The lowest BCUT2D eigenvalue weighted by Crippen LogP contribution is -2.46. The number of phosphoric acid groups is 1. The van der Waals surface area contributed by atoms with Crippen molar-refractivity contribution in [2.24, 2.45) is 0 Å². The summed E-state index contributed by atoms with van der Waals surface area (Å²) in [6.07, 6.45) is 44.5. The van der Waals surface area contributed by atoms with Crippen LogP contribution in [-0.2, 0) is 18.4 Å². The van der Waals surface area contributed by atoms with Crippen molar-refractivity contribution in [1.29, 1.82) is 0 Å². The van der Waals surface area contributed by atoms with Crippen LogP contribution in [0.15, 0.2) is 36.5 Å². The third-order valence-electron chi connectivity index (χ3n) is 9.89. The largest absolute Gasteiger partial charge is 0.472 e. The number of amides is 1. The van der Waals surface area contributed by atoms with Gasteiger partial charge in [0.15, 0.2) is 0 Å². The van der Waals surface area contributed by atoms with Gasteiger partial charge in [0.25, 0.3) is 0 Å². The second kappa shape index (κ2) is 37.3. The number of carbonyl (C=O) groups is 1. The third kappa shape index (κ3) is 39.0. The van der Waals surface area contributed by atoms with E-state index in [4.69, 9.17) is 9.05 Å². The Bertz CT molecular complexity index is 980. The maximum Gasteiger partial charge on any atom is 0.472 e. The van der Waals surface area contributed by atoms with Crippen molar-refractivity contribution in [2.75, 3.05) is 40.9 Å². The number of likely N-dealkylation sites (N-methyl/N-ethyl adjacent to an activating group) is 1. The van der Waals surface area contributed by atoms with Crippen LogP contribution >= 0.6 is 7.82 Å². The summed E-state index contributed by atoms with van der Waals surface area (Å²) in [5.74, 6) is -0.158. The minimum Gasteiger partial charge on any atom is -0.391 e. The number of unbranched alkanes of at least 4 members (excludes halogenated alkanes) is 21. The smallest absolute Gasteiger partial charge is 0.391 e. The lowest BCUT2D eigenvalue weighted by molar-refractivity contribution is -0.870. The molecule has 3 atom stereocenters. The van der Waals surface area contributed by atoms with Crippen LogP contribution < -0.4 is 5.32 Å². The van der Waals surface area contributed by atoms with Gasteiger partial charge < -0.3 is 19.8 Å². The number of quaternary nitrogens is 1. The first-order chi connectivity index (χ1) is 26.0. The highest BCUT2D eigenvalue weighted by molar-refractivity contribution is 7.47. The Morgan fingerprint density at radius 2 is 1.06 bits per heavy atom. The lowest BCUT2D eigenvalue weighted by Gasteiger charge is -2.26. The summed E-state index contributed by atoms with van der Waals surface area (Å²) >= 11 is 0. The molecule has 318 valence electrons. The summed E-state index contributed by atoms with van der Waals surface area (Å²) in [7, 11) is 1.60. The van der Waals surface area contributed by atoms with Crippen LogP contribution in [0.5, 0.6) is 0 Å². The Balaban J connectivity index is 4.38. The number of aliphatic hydroxyl groups is 1. The van der Waals surface area contributed by atoms with Crippen LogP contribution in [0, 0.1) is 0 Å². The highest BCUT2D eigenvalue weighted by atomic mass is 31.2. The summed E-state index contributed by atoms with van der Waals surface area (Å²) in [6.45, 7) is 4.84. The SMILES string of the molecule is CCCCC/C=C\C/C=C\C/C=C\CCCCCCCCC(=O)NC(COP(=O)(O)OCC[N+](C)(C)C)C(O)CCCCCCCCCCCCCCC. The number of nitrogens with zero attached hydrogens (tertiary/aromatic N) is 1. The molecule has 0 rings (SSSR count). The molecule has 0 heterocycles. The molecule has 0 saturated carbocycles. The molecule has 0 aliphatic rings. The summed E-state index contributed by atoms with van der Waals surface area (Å²) in [5, 5.41) is 13.9. The van der Waals surface area contributed by atoms with E-state index in [-0.39, 0.29) is 19.1 Å². The molecule has 8 nitrogen and oxygen atoms in total. The first-order valence-electron chi connectivity index (χ1n) is 22.4. The number of hydrogen-bond donors (Lipinski definition) is 3. The van der Waals surface area contributed by atoms with Crippen LogP contribution in [0.25, 0.3) is 0 Å². The summed E-state index contributed by atoms with van der Waals surface area (Å²) in [5.41, 5.74) is 0. The fourth-order valence-corrected chi connectivity index (χ4v) is 7.02. The number of allylic oxidation sites excluding steroid dienone is 6. The van der Waals surface area contributed by atoms with Crippen LogP contribution in [0.2, 0.25) is 0 Å². The Morgan fingerprint density at radius 1 is 0.630 bits per heavy atom. The highest BCUT2D eigenvalue weighted by Gasteiger charge is 2.28. The van der Waals surface area contributed by atoms with Crippen LogP contribution in [0.3, 0.4) is 0 Å². The molecule has 0 radical (unpaired) electrons. The van der Waals surface area contributed by atoms with Gasteiger partial charge in [-0.3, -0.25) is 13.8 Å². The highest BCUT2D eigenvalue weighted by Crippen LogP contribution is 2.43. The molecule has 0 fully saturated rings. The van der Waals surface area contributed by atoms with Gasteiger partial charge in [0.05, 0.1) is 39.9 Å². The lowest BCUT2D eigenvalue weighted by atomic mass is 10.0. The first kappa shape index (κ1) is 52.7. The minimum absolute atomic E-state index is 0.0711. The average molecular weight is 784 g/mol. The predicted molar refractivity (Wildman–Crippen MR) is 231 cm³/mol. The van der Waals surface area contributed by atoms with Crippen LogP contribution in [0.1, 0.15) is 194 Å². The van der Waals surface area contributed by atoms with E-state index in [1.165, 1.54) is 103 Å². The van der Waals surface area contributed by atoms with Crippen LogP contribution in [0.4, 0.5) is 0 Å². The Morgan fingerprint density at radius 3 is 1.57 bits per heavy atom. The van der Waals surface area contributed by atoms with Crippen molar-refractivity contribution >= 4 is 13.7 Å². The van der Waals surface area contributed by atoms with Crippen molar-refractivity contribution in [3.05, 3.63) is 36.5 Å². The molecular formula is C45H88N2O6P+. The maximum atomic E-state index is 12.9. The second-order valence-corrected chi connectivity index (χ2v) is 17.9. The van der Waals surface area contributed by atoms with Gasteiger partial charge in [-0.1, -0.05) is 172 Å². The van der Waals surface area contributed by atoms with E-state index >= 15 is 0 Å². The zero-order valence-corrected chi connectivity index (χ0v) is 36.9. The van der Waals surface area contributed by atoms with E-state index in [1.807, 2.05) is 21.1 Å². The fourth-order valence-electron chi connectivity index (χ4n) is 6.29. The molecule has 0 spiro atoms. The standard InChI is InChI=1S/C45H87N2O6P/c1-6-8-10-12-14-16-18-20-21-22-23-24-25-27-29-31-33-35-37-39-45(49)46-43(42-53-54(50,51)52-41-40-47(3,4)5)44(48)38-36-34-32-30-28-26-19-17-15-13-11-9-7-2/h14,16,20-21,23-24,43-44,48H,6-13,15,17-19,22,25-42H2,1-5H3,(H-,46,49,50,51)/p+1/b16-14-,21-20-,24-23-. The van der Waals surface area contributed by atoms with E-state index < -0.39 is 20.0 Å². The molecule has 1 amide bonds. The van der Waals surface area contributed by atoms with Crippen molar-refractivity contribution in [1.82, 2.24) is 5.32 Å². The molecule has 0 aliphatic carbocycles. The summed E-state index contributed by atoms with van der Waals surface area (Å²) in [6, 6.07) is -0.766. The molecule has 0 aromatic heterocycles. The van der Waals surface area contributed by atoms with Gasteiger partial charge in [-0.15, -0.1) is 0 Å². The van der Waals surface area contributed by atoms with Crippen molar-refractivity contribution < 1.29 is 32.9 Å². The number of aliphatic hydroxyl groups excluding tert-OH is 1. The molecule has 0 aromatic rings. The Kier molecular flexibility index (Phi) is 36.4. The van der Waals surface area contributed by atoms with Gasteiger partial charge in [-0.25, -0.2) is 4.57 Å². The molecule has 9 heteroatoms. The monoisotopic (exact) mass is 784 g/mol. The Hall–Kier alpha value is -1.28. The van der Waals surface area contributed by atoms with Crippen molar-refractivity contribution in [2.45, 2.75) is 206 Å². The summed E-state index contributed by atoms with van der Waals surface area (Å²) < 4.78 is 23.6. The van der Waals surface area contributed by atoms with Gasteiger partial charge in [0, 0.05) is 6.42 Å². The number of phosphoric ester groups is 1. The molecule has 54 heavy (non-hydrogen) atoms. The van der Waals surface area contributed by atoms with Gasteiger partial charge in [0.2, 0.25) is 5.91 Å². The molecule has 0 bridgehead atoms.